The second-order valence-corrected chi connectivity index (χ2v) is 5.36. The van der Waals surface area contributed by atoms with E-state index in [4.69, 9.17) is 4.42 Å². The second-order valence-electron chi connectivity index (χ2n) is 5.36. The number of hydrogen-bond donors (Lipinski definition) is 1. The van der Waals surface area contributed by atoms with Gasteiger partial charge in [0.2, 0.25) is 5.91 Å². The van der Waals surface area contributed by atoms with E-state index in [1.54, 1.807) is 30.3 Å². The van der Waals surface area contributed by atoms with Crippen LogP contribution in [0.25, 0.3) is 6.08 Å². The fraction of sp³-hybridized carbons (Fsp3) is 0.222. The van der Waals surface area contributed by atoms with E-state index in [0.29, 0.717) is 21.9 Å². The molecule has 2 aromatic rings. The van der Waals surface area contributed by atoms with E-state index in [0.717, 1.165) is 0 Å². The number of furan rings is 1. The van der Waals surface area contributed by atoms with Crippen molar-refractivity contribution in [2.75, 3.05) is 11.9 Å². The first kappa shape index (κ1) is 19.3. The van der Waals surface area contributed by atoms with Gasteiger partial charge in [-0.15, -0.1) is 0 Å². The molecule has 0 radical (unpaired) electrons. The molecule has 0 atom stereocenters. The lowest BCUT2D eigenvalue weighted by molar-refractivity contribution is -0.185. The summed E-state index contributed by atoms with van der Waals surface area (Å²) in [4.78, 5) is 24.0. The number of nitrogens with one attached hydrogen (secondary N) is 1. The Hall–Kier alpha value is -3.03. The molecular formula is C18H17F3N2O3. The average Bonchev–Trinajstić information content (AvgIpc) is 3.10. The van der Waals surface area contributed by atoms with E-state index in [1.807, 2.05) is 0 Å². The third-order valence-corrected chi connectivity index (χ3v) is 3.42. The van der Waals surface area contributed by atoms with Crippen molar-refractivity contribution in [2.24, 2.45) is 0 Å². The lowest BCUT2D eigenvalue weighted by Crippen LogP contribution is -2.40. The summed E-state index contributed by atoms with van der Waals surface area (Å²) in [6, 6.07) is 9.66. The molecule has 0 fully saturated rings. The number of carbonyl (C=O) groups is 2. The van der Waals surface area contributed by atoms with E-state index in [1.165, 1.54) is 31.4 Å². The number of halogens is 3. The molecule has 5 nitrogen and oxygen atoms in total. The summed E-state index contributed by atoms with van der Waals surface area (Å²) in [7, 11) is 0. The highest BCUT2D eigenvalue weighted by molar-refractivity contribution is 6.01. The maximum absolute atomic E-state index is 12.6. The summed E-state index contributed by atoms with van der Waals surface area (Å²) in [5.41, 5.74) is 0.879. The van der Waals surface area contributed by atoms with Crippen LogP contribution in [0.5, 0.6) is 0 Å². The van der Waals surface area contributed by atoms with Gasteiger partial charge in [0, 0.05) is 24.9 Å². The molecule has 8 heteroatoms. The van der Waals surface area contributed by atoms with Crippen molar-refractivity contribution < 1.29 is 27.2 Å². The van der Waals surface area contributed by atoms with E-state index in [-0.39, 0.29) is 13.1 Å². The molecule has 2 rings (SSSR count). The Bertz CT molecular complexity index is 783. The molecule has 138 valence electrons. The van der Waals surface area contributed by atoms with Crippen LogP contribution in [-0.4, -0.2) is 29.4 Å². The zero-order valence-corrected chi connectivity index (χ0v) is 13.9. The molecule has 0 saturated heterocycles. The lowest BCUT2D eigenvalue weighted by atomic mass is 10.2. The monoisotopic (exact) mass is 366 g/mol. The summed E-state index contributed by atoms with van der Waals surface area (Å²) in [6.07, 6.45) is -0.682. The van der Waals surface area contributed by atoms with Gasteiger partial charge in [-0.05, 0) is 42.8 Å². The summed E-state index contributed by atoms with van der Waals surface area (Å²) in [6.45, 7) is 1.18. The third-order valence-electron chi connectivity index (χ3n) is 3.42. The number of benzene rings is 1. The largest absolute Gasteiger partial charge is 0.471 e. The number of amides is 2. The molecule has 0 saturated carbocycles. The first-order valence-corrected chi connectivity index (χ1v) is 7.77. The van der Waals surface area contributed by atoms with Crippen molar-refractivity contribution in [2.45, 2.75) is 19.6 Å². The van der Waals surface area contributed by atoms with Crippen molar-refractivity contribution in [1.29, 1.82) is 0 Å². The van der Waals surface area contributed by atoms with Gasteiger partial charge in [-0.2, -0.15) is 13.2 Å². The molecule has 0 aliphatic rings. The summed E-state index contributed by atoms with van der Waals surface area (Å²) in [5, 5.41) is 2.60. The number of alkyl halides is 3. The highest BCUT2D eigenvalue weighted by Crippen LogP contribution is 2.21. The molecule has 1 N–H and O–H groups in total. The topological polar surface area (TPSA) is 62.6 Å². The fourth-order valence-electron chi connectivity index (χ4n) is 2.20. The molecule has 0 aliphatic heterocycles. The van der Waals surface area contributed by atoms with E-state index in [9.17, 15) is 22.8 Å². The molecule has 0 bridgehead atoms. The van der Waals surface area contributed by atoms with Crippen LogP contribution in [0.4, 0.5) is 18.9 Å². The molecule has 1 aromatic heterocycles. The first-order chi connectivity index (χ1) is 12.3. The number of hydrogen-bond acceptors (Lipinski definition) is 3. The Labute approximate surface area is 148 Å². The lowest BCUT2D eigenvalue weighted by Gasteiger charge is -2.22. The highest BCUT2D eigenvalue weighted by atomic mass is 19.4. The number of anilines is 1. The van der Waals surface area contributed by atoms with Crippen LogP contribution >= 0.6 is 0 Å². The predicted octanol–water partition coefficient (Wildman–Crippen LogP) is 3.84. The zero-order valence-electron chi connectivity index (χ0n) is 13.9. The number of carbonyl (C=O) groups excluding carboxylic acids is 2. The summed E-state index contributed by atoms with van der Waals surface area (Å²) in [5.74, 6) is -1.80. The minimum Gasteiger partial charge on any atom is -0.465 e. The SMILES string of the molecule is CCN(Cc1cccc(NC(=O)C=Cc2ccco2)c1)C(=O)C(F)(F)F. The van der Waals surface area contributed by atoms with Crippen LogP contribution in [0.15, 0.2) is 53.2 Å². The van der Waals surface area contributed by atoms with Gasteiger partial charge in [0.1, 0.15) is 5.76 Å². The van der Waals surface area contributed by atoms with Gasteiger partial charge in [-0.3, -0.25) is 9.59 Å². The zero-order chi connectivity index (χ0) is 19.2. The van der Waals surface area contributed by atoms with E-state index < -0.39 is 18.0 Å². The van der Waals surface area contributed by atoms with Crippen molar-refractivity contribution in [3.63, 3.8) is 0 Å². The Morgan fingerprint density at radius 3 is 2.62 bits per heavy atom. The van der Waals surface area contributed by atoms with Crippen LogP contribution in [-0.2, 0) is 16.1 Å². The summed E-state index contributed by atoms with van der Waals surface area (Å²) >= 11 is 0. The standard InChI is InChI=1S/C18H17F3N2O3/c1-2-23(17(25)18(19,20)21)12-13-5-3-6-14(11-13)22-16(24)9-8-15-7-4-10-26-15/h3-11H,2,12H2,1H3,(H,22,24). The number of rotatable bonds is 6. The Morgan fingerprint density at radius 1 is 1.23 bits per heavy atom. The average molecular weight is 366 g/mol. The van der Waals surface area contributed by atoms with Crippen LogP contribution in [0, 0.1) is 0 Å². The second kappa shape index (κ2) is 8.37. The Kier molecular flexibility index (Phi) is 6.21. The first-order valence-electron chi connectivity index (χ1n) is 7.77. The highest BCUT2D eigenvalue weighted by Gasteiger charge is 2.41. The molecule has 2 amide bonds. The van der Waals surface area contributed by atoms with Gasteiger partial charge in [0.15, 0.2) is 0 Å². The quantitative estimate of drug-likeness (QED) is 0.790. The molecule has 1 aromatic carbocycles. The fourth-order valence-corrected chi connectivity index (χ4v) is 2.20. The molecule has 0 aliphatic carbocycles. The van der Waals surface area contributed by atoms with Crippen LogP contribution in [0.2, 0.25) is 0 Å². The van der Waals surface area contributed by atoms with Crippen LogP contribution in [0.1, 0.15) is 18.2 Å². The van der Waals surface area contributed by atoms with E-state index in [2.05, 4.69) is 5.32 Å². The van der Waals surface area contributed by atoms with Crippen molar-refractivity contribution in [1.82, 2.24) is 4.90 Å². The van der Waals surface area contributed by atoms with Gasteiger partial charge < -0.3 is 14.6 Å². The minimum absolute atomic E-state index is 0.0825. The predicted molar refractivity (Wildman–Crippen MR) is 90.0 cm³/mol. The van der Waals surface area contributed by atoms with Gasteiger partial charge in [0.05, 0.1) is 6.26 Å². The van der Waals surface area contributed by atoms with Gasteiger partial charge in [0.25, 0.3) is 0 Å². The smallest absolute Gasteiger partial charge is 0.465 e. The van der Waals surface area contributed by atoms with Crippen LogP contribution < -0.4 is 5.32 Å². The van der Waals surface area contributed by atoms with E-state index >= 15 is 0 Å². The van der Waals surface area contributed by atoms with Crippen molar-refractivity contribution >= 4 is 23.6 Å². The molecular weight excluding hydrogens is 349 g/mol. The maximum atomic E-state index is 12.6. The van der Waals surface area contributed by atoms with Crippen molar-refractivity contribution in [3.8, 4) is 0 Å². The van der Waals surface area contributed by atoms with Gasteiger partial charge in [-0.25, -0.2) is 0 Å². The van der Waals surface area contributed by atoms with Crippen LogP contribution in [0.3, 0.4) is 0 Å². The molecule has 0 unspecified atom stereocenters. The Morgan fingerprint density at radius 2 is 2.00 bits per heavy atom. The van der Waals surface area contributed by atoms with Crippen molar-refractivity contribution in [3.05, 3.63) is 60.1 Å². The van der Waals surface area contributed by atoms with Gasteiger partial charge >= 0.3 is 12.1 Å². The van der Waals surface area contributed by atoms with Gasteiger partial charge in [-0.1, -0.05) is 12.1 Å². The molecule has 1 heterocycles. The maximum Gasteiger partial charge on any atom is 0.471 e. The summed E-state index contributed by atoms with van der Waals surface area (Å²) < 4.78 is 42.8. The minimum atomic E-state index is -4.92. The number of nitrogens with zero attached hydrogens (tertiary/aromatic N) is 1. The molecule has 0 spiro atoms. The third kappa shape index (κ3) is 5.51. The molecule has 26 heavy (non-hydrogen) atoms. The Balaban J connectivity index is 2.02. The normalized spacial score (nSPS) is 11.5.